The molecule has 0 saturated carbocycles. The Bertz CT molecular complexity index is 843. The summed E-state index contributed by atoms with van der Waals surface area (Å²) in [5.41, 5.74) is 5.97. The highest BCUT2D eigenvalue weighted by Crippen LogP contribution is 2.20. The van der Waals surface area contributed by atoms with Crippen LogP contribution in [-0.2, 0) is 13.2 Å². The van der Waals surface area contributed by atoms with Crippen LogP contribution in [0.25, 0.3) is 0 Å². The van der Waals surface area contributed by atoms with Crippen LogP contribution in [0.4, 0.5) is 5.69 Å². The standard InChI is InChI=1S/C22H22ClNO/c1-16-6-7-17(2)22(12-16)24-14-19-4-3-5-21(13-19)25-15-18-8-10-20(23)11-9-18/h3-13,24H,14-15H2,1-2H3. The molecule has 2 nitrogen and oxygen atoms in total. The lowest BCUT2D eigenvalue weighted by atomic mass is 10.1. The van der Waals surface area contributed by atoms with Crippen molar-refractivity contribution in [2.75, 3.05) is 5.32 Å². The van der Waals surface area contributed by atoms with Gasteiger partial charge in [0.05, 0.1) is 0 Å². The molecule has 0 atom stereocenters. The maximum atomic E-state index is 5.91. The number of halogens is 1. The van der Waals surface area contributed by atoms with Crippen molar-refractivity contribution in [2.24, 2.45) is 0 Å². The topological polar surface area (TPSA) is 21.3 Å². The normalized spacial score (nSPS) is 10.5. The van der Waals surface area contributed by atoms with E-state index in [9.17, 15) is 0 Å². The second-order valence-electron chi connectivity index (χ2n) is 6.23. The molecule has 3 rings (SSSR count). The first-order valence-corrected chi connectivity index (χ1v) is 8.75. The Labute approximate surface area is 154 Å². The summed E-state index contributed by atoms with van der Waals surface area (Å²) in [6.45, 7) is 5.52. The van der Waals surface area contributed by atoms with Gasteiger partial charge in [0.1, 0.15) is 12.4 Å². The van der Waals surface area contributed by atoms with Crippen LogP contribution in [-0.4, -0.2) is 0 Å². The SMILES string of the molecule is Cc1ccc(C)c(NCc2cccc(OCc3ccc(Cl)cc3)c2)c1. The van der Waals surface area contributed by atoms with Gasteiger partial charge in [0, 0.05) is 17.3 Å². The molecule has 0 fully saturated rings. The Kier molecular flexibility index (Phi) is 5.62. The van der Waals surface area contributed by atoms with E-state index in [2.05, 4.69) is 49.5 Å². The van der Waals surface area contributed by atoms with Crippen molar-refractivity contribution in [2.45, 2.75) is 27.0 Å². The van der Waals surface area contributed by atoms with E-state index in [-0.39, 0.29) is 0 Å². The van der Waals surface area contributed by atoms with Gasteiger partial charge < -0.3 is 10.1 Å². The molecule has 0 aliphatic rings. The molecule has 3 aromatic carbocycles. The average molecular weight is 352 g/mol. The average Bonchev–Trinajstić information content (AvgIpc) is 2.62. The van der Waals surface area contributed by atoms with Gasteiger partial charge in [-0.25, -0.2) is 0 Å². The van der Waals surface area contributed by atoms with E-state index in [1.54, 1.807) is 0 Å². The second kappa shape index (κ2) is 8.09. The molecular formula is C22H22ClNO. The fourth-order valence-corrected chi connectivity index (χ4v) is 2.74. The fourth-order valence-electron chi connectivity index (χ4n) is 2.62. The van der Waals surface area contributed by atoms with Crippen LogP contribution in [0.5, 0.6) is 5.75 Å². The first-order chi connectivity index (χ1) is 12.1. The van der Waals surface area contributed by atoms with Crippen molar-refractivity contribution in [1.29, 1.82) is 0 Å². The Hall–Kier alpha value is -2.45. The summed E-state index contributed by atoms with van der Waals surface area (Å²) in [6, 6.07) is 22.4. The highest BCUT2D eigenvalue weighted by Gasteiger charge is 2.01. The van der Waals surface area contributed by atoms with E-state index in [1.807, 2.05) is 36.4 Å². The molecule has 25 heavy (non-hydrogen) atoms. The van der Waals surface area contributed by atoms with Gasteiger partial charge in [-0.15, -0.1) is 0 Å². The molecule has 3 aromatic rings. The van der Waals surface area contributed by atoms with Crippen molar-refractivity contribution >= 4 is 17.3 Å². The highest BCUT2D eigenvalue weighted by atomic mass is 35.5. The third-order valence-electron chi connectivity index (χ3n) is 4.09. The zero-order valence-corrected chi connectivity index (χ0v) is 15.3. The van der Waals surface area contributed by atoms with Crippen LogP contribution in [0.15, 0.2) is 66.7 Å². The summed E-state index contributed by atoms with van der Waals surface area (Å²) in [5.74, 6) is 0.871. The van der Waals surface area contributed by atoms with E-state index in [0.717, 1.165) is 22.9 Å². The minimum atomic E-state index is 0.533. The third kappa shape index (κ3) is 5.01. The Morgan fingerprint density at radius 1 is 0.880 bits per heavy atom. The quantitative estimate of drug-likeness (QED) is 0.575. The van der Waals surface area contributed by atoms with Crippen LogP contribution in [0, 0.1) is 13.8 Å². The van der Waals surface area contributed by atoms with Gasteiger partial charge in [-0.2, -0.15) is 0 Å². The lowest BCUT2D eigenvalue weighted by Crippen LogP contribution is -2.02. The first-order valence-electron chi connectivity index (χ1n) is 8.37. The van der Waals surface area contributed by atoms with Crippen molar-refractivity contribution in [3.63, 3.8) is 0 Å². The number of aryl methyl sites for hydroxylation is 2. The van der Waals surface area contributed by atoms with Crippen molar-refractivity contribution in [3.05, 3.63) is 94.0 Å². The number of nitrogens with one attached hydrogen (secondary N) is 1. The second-order valence-corrected chi connectivity index (χ2v) is 6.67. The highest BCUT2D eigenvalue weighted by molar-refractivity contribution is 6.30. The predicted octanol–water partition coefficient (Wildman–Crippen LogP) is 6.15. The first kappa shape index (κ1) is 17.4. The maximum absolute atomic E-state index is 5.91. The molecule has 0 amide bonds. The number of ether oxygens (including phenoxy) is 1. The molecule has 0 aliphatic heterocycles. The van der Waals surface area contributed by atoms with Gasteiger partial charge in [-0.05, 0) is 66.4 Å². The molecule has 128 valence electrons. The van der Waals surface area contributed by atoms with Gasteiger partial charge in [-0.3, -0.25) is 0 Å². The van der Waals surface area contributed by atoms with Crippen LogP contribution in [0.2, 0.25) is 5.02 Å². The lowest BCUT2D eigenvalue weighted by Gasteiger charge is -2.12. The van der Waals surface area contributed by atoms with Gasteiger partial charge in [0.2, 0.25) is 0 Å². The summed E-state index contributed by atoms with van der Waals surface area (Å²) in [7, 11) is 0. The molecule has 1 N–H and O–H groups in total. The van der Waals surface area contributed by atoms with Crippen LogP contribution < -0.4 is 10.1 Å². The van der Waals surface area contributed by atoms with Crippen LogP contribution in [0.1, 0.15) is 22.3 Å². The van der Waals surface area contributed by atoms with Crippen molar-refractivity contribution in [3.8, 4) is 5.75 Å². The van der Waals surface area contributed by atoms with Gasteiger partial charge in [0.15, 0.2) is 0 Å². The molecule has 0 unspecified atom stereocenters. The summed E-state index contributed by atoms with van der Waals surface area (Å²) >= 11 is 5.91. The zero-order chi connectivity index (χ0) is 17.6. The zero-order valence-electron chi connectivity index (χ0n) is 14.6. The van der Waals surface area contributed by atoms with E-state index in [0.29, 0.717) is 6.61 Å². The number of benzene rings is 3. The van der Waals surface area contributed by atoms with Gasteiger partial charge in [0.25, 0.3) is 0 Å². The van der Waals surface area contributed by atoms with Gasteiger partial charge in [-0.1, -0.05) is 48.0 Å². The number of rotatable bonds is 6. The van der Waals surface area contributed by atoms with E-state index >= 15 is 0 Å². The lowest BCUT2D eigenvalue weighted by molar-refractivity contribution is 0.306. The number of anilines is 1. The van der Waals surface area contributed by atoms with Gasteiger partial charge >= 0.3 is 0 Å². The molecule has 0 saturated heterocycles. The minimum absolute atomic E-state index is 0.533. The summed E-state index contributed by atoms with van der Waals surface area (Å²) in [4.78, 5) is 0. The van der Waals surface area contributed by atoms with Crippen LogP contribution >= 0.6 is 11.6 Å². The third-order valence-corrected chi connectivity index (χ3v) is 4.35. The number of hydrogen-bond donors (Lipinski definition) is 1. The summed E-state index contributed by atoms with van der Waals surface area (Å²) < 4.78 is 5.90. The molecule has 0 heterocycles. The Morgan fingerprint density at radius 2 is 1.68 bits per heavy atom. The van der Waals surface area contributed by atoms with E-state index < -0.39 is 0 Å². The maximum Gasteiger partial charge on any atom is 0.120 e. The van der Waals surface area contributed by atoms with Crippen molar-refractivity contribution < 1.29 is 4.74 Å². The fraction of sp³-hybridized carbons (Fsp3) is 0.182. The van der Waals surface area contributed by atoms with Crippen LogP contribution in [0.3, 0.4) is 0 Å². The Balaban J connectivity index is 1.61. The summed E-state index contributed by atoms with van der Waals surface area (Å²) in [5, 5.41) is 4.25. The van der Waals surface area contributed by atoms with E-state index in [4.69, 9.17) is 16.3 Å². The molecule has 0 aliphatic carbocycles. The molecule has 0 radical (unpaired) electrons. The molecule has 0 aromatic heterocycles. The minimum Gasteiger partial charge on any atom is -0.489 e. The molecule has 0 spiro atoms. The summed E-state index contributed by atoms with van der Waals surface area (Å²) in [6.07, 6.45) is 0. The monoisotopic (exact) mass is 351 g/mol. The molecular weight excluding hydrogens is 330 g/mol. The van der Waals surface area contributed by atoms with E-state index in [1.165, 1.54) is 22.4 Å². The Morgan fingerprint density at radius 3 is 2.48 bits per heavy atom. The smallest absolute Gasteiger partial charge is 0.120 e. The largest absolute Gasteiger partial charge is 0.489 e. The number of hydrogen-bond acceptors (Lipinski definition) is 2. The predicted molar refractivity (Wildman–Crippen MR) is 105 cm³/mol. The molecule has 0 bridgehead atoms. The molecule has 3 heteroatoms. The van der Waals surface area contributed by atoms with Crippen molar-refractivity contribution in [1.82, 2.24) is 0 Å².